The number of aryl methyl sites for hydroxylation is 1. The van der Waals surface area contributed by atoms with E-state index in [1.807, 2.05) is 0 Å². The minimum absolute atomic E-state index is 0.0259. The van der Waals surface area contributed by atoms with Crippen LogP contribution in [0.1, 0.15) is 73.4 Å². The largest absolute Gasteiger partial charge is 0.471 e. The minimum Gasteiger partial charge on any atom is -0.471 e. The normalized spacial score (nSPS) is 19.3. The lowest BCUT2D eigenvalue weighted by atomic mass is 9.79. The number of carbonyl (C=O) groups excluding carboxylic acids is 2. The Morgan fingerprint density at radius 1 is 1.06 bits per heavy atom. The van der Waals surface area contributed by atoms with Crippen molar-refractivity contribution in [3.05, 3.63) is 41.0 Å². The third-order valence-electron chi connectivity index (χ3n) is 9.26. The fourth-order valence-corrected chi connectivity index (χ4v) is 6.23. The Balaban J connectivity index is 1.35. The number of fused-ring (bicyclic) bond motifs is 1. The molecule has 1 saturated heterocycles. The van der Waals surface area contributed by atoms with Gasteiger partial charge in [-0.2, -0.15) is 31.3 Å². The molecular weight excluding hydrogens is 682 g/mol. The van der Waals surface area contributed by atoms with Gasteiger partial charge in [-0.05, 0) is 68.7 Å². The van der Waals surface area contributed by atoms with Gasteiger partial charge >= 0.3 is 12.4 Å². The molecule has 1 aliphatic heterocycles. The van der Waals surface area contributed by atoms with Gasteiger partial charge in [0.25, 0.3) is 6.43 Å². The maximum absolute atomic E-state index is 14.0. The first-order valence-corrected chi connectivity index (χ1v) is 16.2. The van der Waals surface area contributed by atoms with E-state index < -0.39 is 53.9 Å². The maximum Gasteiger partial charge on any atom is 0.418 e. The summed E-state index contributed by atoms with van der Waals surface area (Å²) in [6.07, 6.45) is -10.3. The molecule has 1 aliphatic carbocycles. The molecule has 0 bridgehead atoms. The third kappa shape index (κ3) is 8.64. The predicted octanol–water partition coefficient (Wildman–Crippen LogP) is 7.75. The van der Waals surface area contributed by atoms with E-state index in [0.717, 1.165) is 6.07 Å². The van der Waals surface area contributed by atoms with Crippen molar-refractivity contribution in [3.8, 4) is 5.88 Å². The Kier molecular flexibility index (Phi) is 10.9. The molecule has 1 amide bonds. The van der Waals surface area contributed by atoms with Crippen LogP contribution in [0.3, 0.4) is 0 Å². The van der Waals surface area contributed by atoms with Crippen molar-refractivity contribution in [2.75, 3.05) is 25.1 Å². The van der Waals surface area contributed by atoms with Gasteiger partial charge in [-0.1, -0.05) is 12.5 Å². The molecule has 2 aromatic heterocycles. The summed E-state index contributed by atoms with van der Waals surface area (Å²) in [6, 6.07) is 4.60. The van der Waals surface area contributed by atoms with Gasteiger partial charge in [-0.15, -0.1) is 0 Å². The second kappa shape index (κ2) is 14.7. The number of halogens is 8. The Morgan fingerprint density at radius 2 is 1.76 bits per heavy atom. The van der Waals surface area contributed by atoms with Gasteiger partial charge in [0.1, 0.15) is 5.52 Å². The van der Waals surface area contributed by atoms with Gasteiger partial charge in [0.05, 0.1) is 41.4 Å². The molecule has 3 aromatic rings. The molecule has 274 valence electrons. The minimum atomic E-state index is -4.77. The molecule has 0 spiro atoms. The zero-order valence-electron chi connectivity index (χ0n) is 27.3. The lowest BCUT2D eigenvalue weighted by Crippen LogP contribution is -2.51. The zero-order valence-corrected chi connectivity index (χ0v) is 27.3. The summed E-state index contributed by atoms with van der Waals surface area (Å²) in [7, 11) is 1.43. The van der Waals surface area contributed by atoms with Crippen LogP contribution >= 0.6 is 0 Å². The Morgan fingerprint density at radius 3 is 2.36 bits per heavy atom. The molecule has 2 fully saturated rings. The lowest BCUT2D eigenvalue weighted by molar-refractivity contribution is -0.184. The number of pyridine rings is 1. The van der Waals surface area contributed by atoms with Gasteiger partial charge in [0.15, 0.2) is 18.0 Å². The fraction of sp³-hybridized carbons (Fsp3) is 0.576. The van der Waals surface area contributed by atoms with Gasteiger partial charge in [0, 0.05) is 20.0 Å². The van der Waals surface area contributed by atoms with Gasteiger partial charge < -0.3 is 20.1 Å². The average molecular weight is 720 g/mol. The van der Waals surface area contributed by atoms with Crippen LogP contribution in [-0.2, 0) is 29.3 Å². The highest BCUT2D eigenvalue weighted by Crippen LogP contribution is 2.41. The van der Waals surface area contributed by atoms with Crippen LogP contribution in [0.25, 0.3) is 11.2 Å². The van der Waals surface area contributed by atoms with E-state index in [1.165, 1.54) is 29.8 Å². The highest BCUT2D eigenvalue weighted by Gasteiger charge is 2.42. The second-order valence-electron chi connectivity index (χ2n) is 13.2. The number of benzene rings is 1. The number of rotatable bonds is 13. The van der Waals surface area contributed by atoms with Crippen molar-refractivity contribution < 1.29 is 54.2 Å². The van der Waals surface area contributed by atoms with E-state index in [-0.39, 0.29) is 79.2 Å². The Labute approximate surface area is 282 Å². The number of nitrogens with one attached hydrogen (secondary N) is 2. The molecular formula is C33H37F8N5O4. The van der Waals surface area contributed by atoms with Crippen LogP contribution in [0.15, 0.2) is 24.3 Å². The zero-order chi connectivity index (χ0) is 36.4. The quantitative estimate of drug-likeness (QED) is 0.138. The molecule has 0 radical (unpaired) electrons. The van der Waals surface area contributed by atoms with Gasteiger partial charge in [-0.25, -0.2) is 13.8 Å². The van der Waals surface area contributed by atoms with Crippen LogP contribution < -0.4 is 15.4 Å². The summed E-state index contributed by atoms with van der Waals surface area (Å²) in [4.78, 5) is 34.4. The van der Waals surface area contributed by atoms with Crippen molar-refractivity contribution >= 4 is 34.5 Å². The number of aromatic nitrogens is 3. The Bertz CT molecular complexity index is 1700. The smallest absolute Gasteiger partial charge is 0.418 e. The standard InChI is InChI=1S/C33H37F8N5O4/c1-31(16-49-17-31)29(48)42-14-19-8-11-22(33(39,40)41)23(12-19)43-30-44-24-13-21(28(50-15-26(34)35)45-27(24)46(30)2)25(47)5-3-4-18-6-9-20(10-7-18)32(36,37)38/h8,11-13,18,20,26H,3-7,9-10,14-17H2,1-2H3,(H,42,48)(H,43,44). The molecule has 0 atom stereocenters. The summed E-state index contributed by atoms with van der Waals surface area (Å²) in [5.74, 6) is -2.62. The van der Waals surface area contributed by atoms with Gasteiger partial charge in [-0.3, -0.25) is 14.2 Å². The van der Waals surface area contributed by atoms with E-state index in [0.29, 0.717) is 31.2 Å². The van der Waals surface area contributed by atoms with Crippen LogP contribution in [0.2, 0.25) is 0 Å². The molecule has 1 saturated carbocycles. The molecule has 50 heavy (non-hydrogen) atoms. The number of hydrogen-bond acceptors (Lipinski definition) is 7. The number of amides is 1. The summed E-state index contributed by atoms with van der Waals surface area (Å²) in [5, 5.41) is 5.37. The topological polar surface area (TPSA) is 107 Å². The van der Waals surface area contributed by atoms with E-state index in [1.54, 1.807) is 6.92 Å². The molecule has 17 heteroatoms. The number of nitrogens with zero attached hydrogens (tertiary/aromatic N) is 3. The summed E-state index contributed by atoms with van der Waals surface area (Å²) >= 11 is 0. The third-order valence-corrected chi connectivity index (χ3v) is 9.26. The number of Topliss-reactive ketones (excluding diaryl/α,β-unsaturated/α-hetero) is 1. The van der Waals surface area contributed by atoms with E-state index in [2.05, 4.69) is 20.6 Å². The molecule has 1 aromatic carbocycles. The first-order valence-electron chi connectivity index (χ1n) is 16.2. The summed E-state index contributed by atoms with van der Waals surface area (Å²) in [5.41, 5.74) is -1.80. The van der Waals surface area contributed by atoms with Gasteiger partial charge in [0.2, 0.25) is 17.7 Å². The summed E-state index contributed by atoms with van der Waals surface area (Å²) < 4.78 is 119. The first kappa shape index (κ1) is 37.2. The molecule has 2 aliphatic rings. The molecule has 2 N–H and O–H groups in total. The fourth-order valence-electron chi connectivity index (χ4n) is 6.23. The first-order chi connectivity index (χ1) is 23.4. The summed E-state index contributed by atoms with van der Waals surface area (Å²) in [6.45, 7) is 1.04. The van der Waals surface area contributed by atoms with Crippen molar-refractivity contribution in [2.24, 2.45) is 24.3 Å². The number of alkyl halides is 8. The average Bonchev–Trinajstić information content (AvgIpc) is 3.33. The highest BCUT2D eigenvalue weighted by molar-refractivity contribution is 6.00. The lowest BCUT2D eigenvalue weighted by Gasteiger charge is -2.36. The number of ketones is 1. The van der Waals surface area contributed by atoms with Crippen LogP contribution in [-0.4, -0.2) is 58.6 Å². The number of imidazole rings is 1. The van der Waals surface area contributed by atoms with Crippen LogP contribution in [0.5, 0.6) is 5.88 Å². The number of ether oxygens (including phenoxy) is 2. The second-order valence-corrected chi connectivity index (χ2v) is 13.2. The maximum atomic E-state index is 14.0. The van der Waals surface area contributed by atoms with E-state index >= 15 is 0 Å². The van der Waals surface area contributed by atoms with Crippen molar-refractivity contribution in [1.82, 2.24) is 19.9 Å². The monoisotopic (exact) mass is 719 g/mol. The predicted molar refractivity (Wildman–Crippen MR) is 165 cm³/mol. The number of hydrogen-bond donors (Lipinski definition) is 2. The van der Waals surface area contributed by atoms with E-state index in [4.69, 9.17) is 9.47 Å². The SMILES string of the molecule is Cn1c(Nc2cc(CNC(=O)C3(C)COC3)ccc2C(F)(F)F)nc2cc(C(=O)CCCC3CCC(C(F)(F)F)CC3)c(OCC(F)F)nc21. The molecule has 0 unspecified atom stereocenters. The Hall–Kier alpha value is -4.02. The van der Waals surface area contributed by atoms with E-state index in [9.17, 15) is 44.7 Å². The number of carbonyl (C=O) groups is 2. The molecule has 3 heterocycles. The molecule has 9 nitrogen and oxygen atoms in total. The van der Waals surface area contributed by atoms with Crippen LogP contribution in [0, 0.1) is 17.3 Å². The molecule has 5 rings (SSSR count). The number of anilines is 2. The van der Waals surface area contributed by atoms with Crippen molar-refractivity contribution in [2.45, 2.75) is 77.2 Å². The van der Waals surface area contributed by atoms with Crippen molar-refractivity contribution in [3.63, 3.8) is 0 Å². The van der Waals surface area contributed by atoms with Crippen molar-refractivity contribution in [1.29, 1.82) is 0 Å². The highest BCUT2D eigenvalue weighted by atomic mass is 19.4. The van der Waals surface area contributed by atoms with Crippen LogP contribution in [0.4, 0.5) is 46.8 Å².